The molecule has 2 aromatic rings. The molecule has 0 heterocycles. The maximum atomic E-state index is 5.87. The smallest absolute Gasteiger partial charge is 0.151 e. The van der Waals surface area contributed by atoms with Crippen molar-refractivity contribution in [1.29, 1.82) is 0 Å². The highest BCUT2D eigenvalue weighted by molar-refractivity contribution is 6.30. The number of halogens is 1. The SMILES string of the molecule is Cc1ccc(Oc2cc(Cl)ccc2N)cc1. The number of benzene rings is 2. The molecule has 0 aliphatic carbocycles. The Bertz CT molecular complexity index is 494. The molecular weight excluding hydrogens is 222 g/mol. The van der Waals surface area contributed by atoms with Gasteiger partial charge in [-0.25, -0.2) is 0 Å². The lowest BCUT2D eigenvalue weighted by atomic mass is 10.2. The van der Waals surface area contributed by atoms with Crippen LogP contribution in [0.4, 0.5) is 5.69 Å². The molecule has 2 nitrogen and oxygen atoms in total. The highest BCUT2D eigenvalue weighted by Crippen LogP contribution is 2.30. The average Bonchev–Trinajstić information content (AvgIpc) is 2.27. The summed E-state index contributed by atoms with van der Waals surface area (Å²) < 4.78 is 5.64. The molecule has 0 atom stereocenters. The monoisotopic (exact) mass is 233 g/mol. The summed E-state index contributed by atoms with van der Waals surface area (Å²) in [6.07, 6.45) is 0. The number of nitrogen functional groups attached to an aromatic ring is 1. The van der Waals surface area contributed by atoms with Crippen molar-refractivity contribution in [3.8, 4) is 11.5 Å². The molecule has 0 amide bonds. The van der Waals surface area contributed by atoms with E-state index in [0.29, 0.717) is 16.5 Å². The molecule has 2 N–H and O–H groups in total. The summed E-state index contributed by atoms with van der Waals surface area (Å²) in [4.78, 5) is 0. The summed E-state index contributed by atoms with van der Waals surface area (Å²) in [6.45, 7) is 2.03. The van der Waals surface area contributed by atoms with Gasteiger partial charge < -0.3 is 10.5 Å². The Morgan fingerprint density at radius 1 is 1.06 bits per heavy atom. The van der Waals surface area contributed by atoms with Crippen LogP contribution in [0.15, 0.2) is 42.5 Å². The van der Waals surface area contributed by atoms with Gasteiger partial charge in [0.15, 0.2) is 5.75 Å². The second-order valence-electron chi connectivity index (χ2n) is 3.60. The van der Waals surface area contributed by atoms with E-state index in [1.54, 1.807) is 18.2 Å². The first-order valence-corrected chi connectivity index (χ1v) is 5.32. The third-order valence-electron chi connectivity index (χ3n) is 2.22. The fraction of sp³-hybridized carbons (Fsp3) is 0.0769. The molecule has 82 valence electrons. The Morgan fingerprint density at radius 2 is 1.75 bits per heavy atom. The van der Waals surface area contributed by atoms with Gasteiger partial charge in [-0.2, -0.15) is 0 Å². The zero-order chi connectivity index (χ0) is 11.5. The van der Waals surface area contributed by atoms with Crippen LogP contribution in [-0.2, 0) is 0 Å². The first-order valence-electron chi connectivity index (χ1n) is 4.95. The van der Waals surface area contributed by atoms with Gasteiger partial charge in [0.1, 0.15) is 5.75 Å². The second kappa shape index (κ2) is 4.45. The van der Waals surface area contributed by atoms with E-state index >= 15 is 0 Å². The zero-order valence-electron chi connectivity index (χ0n) is 8.91. The molecule has 0 saturated heterocycles. The molecule has 0 aliphatic heterocycles. The molecule has 0 radical (unpaired) electrons. The minimum atomic E-state index is 0.574. The molecule has 0 saturated carbocycles. The number of hydrogen-bond acceptors (Lipinski definition) is 2. The van der Waals surface area contributed by atoms with Gasteiger partial charge in [-0.15, -0.1) is 0 Å². The van der Waals surface area contributed by atoms with Gasteiger partial charge in [0, 0.05) is 11.1 Å². The van der Waals surface area contributed by atoms with E-state index in [1.165, 1.54) is 5.56 Å². The Labute approximate surface area is 99.6 Å². The van der Waals surface area contributed by atoms with E-state index < -0.39 is 0 Å². The van der Waals surface area contributed by atoms with Crippen LogP contribution >= 0.6 is 11.6 Å². The number of rotatable bonds is 2. The Hall–Kier alpha value is -1.67. The van der Waals surface area contributed by atoms with Gasteiger partial charge in [0.2, 0.25) is 0 Å². The molecule has 0 fully saturated rings. The second-order valence-corrected chi connectivity index (χ2v) is 4.03. The summed E-state index contributed by atoms with van der Waals surface area (Å²) in [5.41, 5.74) is 7.54. The van der Waals surface area contributed by atoms with Gasteiger partial charge >= 0.3 is 0 Å². The first-order chi connectivity index (χ1) is 7.65. The van der Waals surface area contributed by atoms with Crippen LogP contribution in [0.5, 0.6) is 11.5 Å². The van der Waals surface area contributed by atoms with Crippen molar-refractivity contribution in [2.75, 3.05) is 5.73 Å². The minimum absolute atomic E-state index is 0.574. The van der Waals surface area contributed by atoms with Crippen molar-refractivity contribution in [2.45, 2.75) is 6.92 Å². The van der Waals surface area contributed by atoms with Crippen LogP contribution in [0, 0.1) is 6.92 Å². The topological polar surface area (TPSA) is 35.2 Å². The maximum Gasteiger partial charge on any atom is 0.151 e. The van der Waals surface area contributed by atoms with Gasteiger partial charge in [-0.05, 0) is 31.2 Å². The predicted octanol–water partition coefficient (Wildman–Crippen LogP) is 4.02. The van der Waals surface area contributed by atoms with E-state index in [2.05, 4.69) is 0 Å². The average molecular weight is 234 g/mol. The quantitative estimate of drug-likeness (QED) is 0.795. The van der Waals surface area contributed by atoms with E-state index in [1.807, 2.05) is 31.2 Å². The van der Waals surface area contributed by atoms with Crippen molar-refractivity contribution < 1.29 is 4.74 Å². The van der Waals surface area contributed by atoms with Crippen molar-refractivity contribution >= 4 is 17.3 Å². The van der Waals surface area contributed by atoms with E-state index in [9.17, 15) is 0 Å². The van der Waals surface area contributed by atoms with Crippen LogP contribution < -0.4 is 10.5 Å². The van der Waals surface area contributed by atoms with E-state index in [4.69, 9.17) is 22.1 Å². The highest BCUT2D eigenvalue weighted by Gasteiger charge is 2.02. The summed E-state index contributed by atoms with van der Waals surface area (Å²) in [7, 11) is 0. The van der Waals surface area contributed by atoms with Crippen LogP contribution in [0.25, 0.3) is 0 Å². The van der Waals surface area contributed by atoms with Crippen molar-refractivity contribution in [3.63, 3.8) is 0 Å². The molecule has 0 unspecified atom stereocenters. The summed E-state index contributed by atoms with van der Waals surface area (Å²) in [5.74, 6) is 1.33. The fourth-order valence-corrected chi connectivity index (χ4v) is 1.49. The lowest BCUT2D eigenvalue weighted by Gasteiger charge is -2.08. The summed E-state index contributed by atoms with van der Waals surface area (Å²) in [6, 6.07) is 12.9. The lowest BCUT2D eigenvalue weighted by molar-refractivity contribution is 0.485. The molecular formula is C13H12ClNO. The number of ether oxygens (including phenoxy) is 1. The maximum absolute atomic E-state index is 5.87. The van der Waals surface area contributed by atoms with Crippen LogP contribution in [0.1, 0.15) is 5.56 Å². The summed E-state index contributed by atoms with van der Waals surface area (Å²) in [5, 5.41) is 0.608. The van der Waals surface area contributed by atoms with E-state index in [0.717, 1.165) is 5.75 Å². The number of anilines is 1. The van der Waals surface area contributed by atoms with Crippen LogP contribution in [-0.4, -0.2) is 0 Å². The van der Waals surface area contributed by atoms with Gasteiger partial charge in [-0.1, -0.05) is 29.3 Å². The standard InChI is InChI=1S/C13H12ClNO/c1-9-2-5-11(6-3-9)16-13-8-10(14)4-7-12(13)15/h2-8H,15H2,1H3. The number of nitrogens with two attached hydrogens (primary N) is 1. The van der Waals surface area contributed by atoms with Crippen molar-refractivity contribution in [2.24, 2.45) is 0 Å². The Balaban J connectivity index is 2.26. The normalized spacial score (nSPS) is 10.1. The molecule has 2 aromatic carbocycles. The van der Waals surface area contributed by atoms with Gasteiger partial charge in [0.05, 0.1) is 5.69 Å². The van der Waals surface area contributed by atoms with Crippen molar-refractivity contribution in [3.05, 3.63) is 53.1 Å². The largest absolute Gasteiger partial charge is 0.455 e. The number of hydrogen-bond donors (Lipinski definition) is 1. The van der Waals surface area contributed by atoms with Crippen molar-refractivity contribution in [1.82, 2.24) is 0 Å². The van der Waals surface area contributed by atoms with E-state index in [-0.39, 0.29) is 0 Å². The molecule has 0 spiro atoms. The van der Waals surface area contributed by atoms with Gasteiger partial charge in [0.25, 0.3) is 0 Å². The highest BCUT2D eigenvalue weighted by atomic mass is 35.5. The molecule has 0 aliphatic rings. The first kappa shape index (κ1) is 10.8. The summed E-state index contributed by atoms with van der Waals surface area (Å²) >= 11 is 5.87. The molecule has 16 heavy (non-hydrogen) atoms. The third-order valence-corrected chi connectivity index (χ3v) is 2.46. The molecule has 2 rings (SSSR count). The molecule has 3 heteroatoms. The molecule has 0 bridgehead atoms. The Morgan fingerprint density at radius 3 is 2.44 bits per heavy atom. The molecule has 0 aromatic heterocycles. The van der Waals surface area contributed by atoms with Crippen LogP contribution in [0.3, 0.4) is 0 Å². The van der Waals surface area contributed by atoms with Gasteiger partial charge in [-0.3, -0.25) is 0 Å². The third kappa shape index (κ3) is 2.47. The van der Waals surface area contributed by atoms with Crippen LogP contribution in [0.2, 0.25) is 5.02 Å². The minimum Gasteiger partial charge on any atom is -0.455 e. The lowest BCUT2D eigenvalue weighted by Crippen LogP contribution is -1.91. The zero-order valence-corrected chi connectivity index (χ0v) is 9.66. The predicted molar refractivity (Wildman–Crippen MR) is 67.1 cm³/mol. The Kier molecular flexibility index (Phi) is 3.02. The number of aryl methyl sites for hydroxylation is 1. The fourth-order valence-electron chi connectivity index (χ4n) is 1.33.